The topological polar surface area (TPSA) is 49.8 Å². The molecule has 0 aliphatic carbocycles. The molecule has 6 heteroatoms. The number of hydrogen-bond donors (Lipinski definition) is 1. The highest BCUT2D eigenvalue weighted by atomic mass is 127. The van der Waals surface area contributed by atoms with Gasteiger partial charge in [0, 0.05) is 38.8 Å². The Morgan fingerprint density at radius 1 is 1.10 bits per heavy atom. The number of nitrogens with one attached hydrogen (secondary N) is 1. The molecule has 0 saturated carbocycles. The Morgan fingerprint density at radius 2 is 1.86 bits per heavy atom. The number of para-hydroxylation sites is 1. The summed E-state index contributed by atoms with van der Waals surface area (Å²) in [5, 5.41) is 4.64. The van der Waals surface area contributed by atoms with E-state index < -0.39 is 0 Å². The van der Waals surface area contributed by atoms with Crippen LogP contribution in [0.3, 0.4) is 0 Å². The van der Waals surface area contributed by atoms with Crippen LogP contribution < -0.4 is 10.1 Å². The first-order valence-electron chi connectivity index (χ1n) is 9.67. The number of fused-ring (bicyclic) bond motifs is 1. The van der Waals surface area contributed by atoms with E-state index in [4.69, 9.17) is 4.74 Å². The number of guanidine groups is 1. The fourth-order valence-corrected chi connectivity index (χ4v) is 3.27. The van der Waals surface area contributed by atoms with Gasteiger partial charge in [0.25, 0.3) is 0 Å². The first-order chi connectivity index (χ1) is 13.7. The zero-order valence-corrected chi connectivity index (χ0v) is 19.6. The summed E-state index contributed by atoms with van der Waals surface area (Å²) < 4.78 is 5.51. The molecule has 0 bridgehead atoms. The van der Waals surface area contributed by atoms with Crippen LogP contribution in [-0.4, -0.2) is 43.1 Å². The van der Waals surface area contributed by atoms with Gasteiger partial charge in [-0.15, -0.1) is 24.0 Å². The summed E-state index contributed by atoms with van der Waals surface area (Å²) in [6.45, 7) is 4.26. The van der Waals surface area contributed by atoms with E-state index in [-0.39, 0.29) is 24.0 Å². The van der Waals surface area contributed by atoms with Crippen molar-refractivity contribution in [2.75, 3.05) is 27.2 Å². The maximum Gasteiger partial charge on any atom is 0.193 e. The van der Waals surface area contributed by atoms with Crippen molar-refractivity contribution >= 4 is 40.8 Å². The van der Waals surface area contributed by atoms with Gasteiger partial charge in [-0.3, -0.25) is 9.98 Å². The maximum atomic E-state index is 5.51. The van der Waals surface area contributed by atoms with Crippen LogP contribution in [0.1, 0.15) is 18.1 Å². The van der Waals surface area contributed by atoms with Crippen molar-refractivity contribution in [3.63, 3.8) is 0 Å². The van der Waals surface area contributed by atoms with E-state index in [0.29, 0.717) is 6.61 Å². The first-order valence-corrected chi connectivity index (χ1v) is 9.67. The van der Waals surface area contributed by atoms with Crippen LogP contribution in [0.25, 0.3) is 10.9 Å². The van der Waals surface area contributed by atoms with Crippen molar-refractivity contribution < 1.29 is 4.74 Å². The molecule has 5 nitrogen and oxygen atoms in total. The van der Waals surface area contributed by atoms with E-state index in [1.165, 1.54) is 16.5 Å². The molecule has 154 valence electrons. The molecule has 0 aliphatic heterocycles. The summed E-state index contributed by atoms with van der Waals surface area (Å²) in [5.41, 5.74) is 3.53. The molecular weight excluding hydrogens is 475 g/mol. The number of aromatic nitrogens is 1. The van der Waals surface area contributed by atoms with Crippen LogP contribution in [0.2, 0.25) is 0 Å². The smallest absolute Gasteiger partial charge is 0.193 e. The van der Waals surface area contributed by atoms with Crippen molar-refractivity contribution in [1.82, 2.24) is 15.2 Å². The van der Waals surface area contributed by atoms with Crippen LogP contribution in [-0.2, 0) is 13.0 Å². The summed E-state index contributed by atoms with van der Waals surface area (Å²) in [5.74, 6) is 1.78. The second-order valence-corrected chi connectivity index (χ2v) is 6.65. The molecule has 0 amide bonds. The van der Waals surface area contributed by atoms with Gasteiger partial charge in [0.05, 0.1) is 12.1 Å². The van der Waals surface area contributed by atoms with Crippen LogP contribution >= 0.6 is 24.0 Å². The van der Waals surface area contributed by atoms with Crippen molar-refractivity contribution in [3.8, 4) is 5.75 Å². The lowest BCUT2D eigenvalue weighted by Gasteiger charge is -2.22. The van der Waals surface area contributed by atoms with E-state index >= 15 is 0 Å². The number of rotatable bonds is 7. The largest absolute Gasteiger partial charge is 0.494 e. The Bertz CT molecular complexity index is 922. The normalized spacial score (nSPS) is 11.1. The molecule has 1 heterocycles. The molecule has 0 spiro atoms. The molecule has 0 atom stereocenters. The van der Waals surface area contributed by atoms with Gasteiger partial charge >= 0.3 is 0 Å². The van der Waals surface area contributed by atoms with Crippen molar-refractivity contribution in [2.45, 2.75) is 19.9 Å². The SMILES string of the molecule is CCOc1ccc(CN(C)C(=NC)NCCc2cccc3cccnc23)cc1.I. The Labute approximate surface area is 190 Å². The predicted molar refractivity (Wildman–Crippen MR) is 131 cm³/mol. The number of nitrogens with zero attached hydrogens (tertiary/aromatic N) is 3. The number of hydrogen-bond acceptors (Lipinski definition) is 3. The van der Waals surface area contributed by atoms with Gasteiger partial charge in [-0.05, 0) is 42.7 Å². The average Bonchev–Trinajstić information content (AvgIpc) is 2.73. The first kappa shape index (κ1) is 22.9. The molecule has 0 aliphatic rings. The molecule has 0 radical (unpaired) electrons. The predicted octanol–water partition coefficient (Wildman–Crippen LogP) is 4.50. The lowest BCUT2D eigenvalue weighted by Crippen LogP contribution is -2.39. The van der Waals surface area contributed by atoms with Gasteiger partial charge < -0.3 is 15.0 Å². The monoisotopic (exact) mass is 504 g/mol. The van der Waals surface area contributed by atoms with E-state index in [9.17, 15) is 0 Å². The minimum Gasteiger partial charge on any atom is -0.494 e. The lowest BCUT2D eigenvalue weighted by molar-refractivity contribution is 0.340. The zero-order valence-electron chi connectivity index (χ0n) is 17.3. The number of aliphatic imine (C=N–C) groups is 1. The third-order valence-corrected chi connectivity index (χ3v) is 4.62. The molecule has 1 aromatic heterocycles. The van der Waals surface area contributed by atoms with Crippen molar-refractivity contribution in [3.05, 3.63) is 71.9 Å². The van der Waals surface area contributed by atoms with Crippen LogP contribution in [0.4, 0.5) is 0 Å². The summed E-state index contributed by atoms with van der Waals surface area (Å²) in [6, 6.07) is 18.6. The molecule has 3 aromatic rings. The van der Waals surface area contributed by atoms with Crippen LogP contribution in [0.15, 0.2) is 65.8 Å². The second-order valence-electron chi connectivity index (χ2n) is 6.65. The highest BCUT2D eigenvalue weighted by Crippen LogP contribution is 2.16. The maximum absolute atomic E-state index is 5.51. The van der Waals surface area contributed by atoms with E-state index in [1.54, 1.807) is 0 Å². The molecule has 0 fully saturated rings. The summed E-state index contributed by atoms with van der Waals surface area (Å²) in [4.78, 5) is 11.1. The molecule has 0 unspecified atom stereocenters. The van der Waals surface area contributed by atoms with Gasteiger partial charge in [0.1, 0.15) is 5.75 Å². The van der Waals surface area contributed by atoms with E-state index in [0.717, 1.165) is 36.7 Å². The van der Waals surface area contributed by atoms with Crippen LogP contribution in [0.5, 0.6) is 5.75 Å². The van der Waals surface area contributed by atoms with Crippen molar-refractivity contribution in [1.29, 1.82) is 0 Å². The van der Waals surface area contributed by atoms with Gasteiger partial charge in [0.2, 0.25) is 0 Å². The second kappa shape index (κ2) is 11.6. The minimum absolute atomic E-state index is 0. The van der Waals surface area contributed by atoms with Gasteiger partial charge in [-0.2, -0.15) is 0 Å². The zero-order chi connectivity index (χ0) is 19.8. The average molecular weight is 504 g/mol. The fourth-order valence-electron chi connectivity index (χ4n) is 3.27. The Morgan fingerprint density at radius 3 is 2.59 bits per heavy atom. The highest BCUT2D eigenvalue weighted by Gasteiger charge is 2.08. The third-order valence-electron chi connectivity index (χ3n) is 4.62. The number of benzene rings is 2. The standard InChI is InChI=1S/C23H28N4O.HI/c1-4-28-21-12-10-18(11-13-21)17-27(3)23(24-2)26-16-14-20-8-5-7-19-9-6-15-25-22(19)20;/h5-13,15H,4,14,16-17H2,1-3H3,(H,24,26);1H. The Balaban J connectivity index is 0.00000300. The molecule has 29 heavy (non-hydrogen) atoms. The van der Waals surface area contributed by atoms with Crippen molar-refractivity contribution in [2.24, 2.45) is 4.99 Å². The summed E-state index contributed by atoms with van der Waals surface area (Å²) >= 11 is 0. The fraction of sp³-hybridized carbons (Fsp3) is 0.304. The minimum atomic E-state index is 0. The summed E-state index contributed by atoms with van der Waals surface area (Å²) in [7, 11) is 3.86. The molecule has 1 N–H and O–H groups in total. The highest BCUT2D eigenvalue weighted by molar-refractivity contribution is 14.0. The summed E-state index contributed by atoms with van der Waals surface area (Å²) in [6.07, 6.45) is 2.74. The van der Waals surface area contributed by atoms with E-state index in [1.807, 2.05) is 45.4 Å². The van der Waals surface area contributed by atoms with Gasteiger partial charge in [-0.1, -0.05) is 36.4 Å². The van der Waals surface area contributed by atoms with E-state index in [2.05, 4.69) is 56.6 Å². The third kappa shape index (κ3) is 6.32. The number of ether oxygens (including phenoxy) is 1. The molecule has 0 saturated heterocycles. The van der Waals surface area contributed by atoms with Gasteiger partial charge in [0.15, 0.2) is 5.96 Å². The lowest BCUT2D eigenvalue weighted by atomic mass is 10.1. The Kier molecular flexibility index (Phi) is 9.18. The quantitative estimate of drug-likeness (QED) is 0.293. The molecular formula is C23H29IN4O. The van der Waals surface area contributed by atoms with Crippen LogP contribution in [0, 0.1) is 0 Å². The number of pyridine rings is 1. The number of halogens is 1. The van der Waals surface area contributed by atoms with Gasteiger partial charge in [-0.25, -0.2) is 0 Å². The Hall–Kier alpha value is -2.35. The molecule has 2 aromatic carbocycles. The molecule has 3 rings (SSSR count).